The number of nitrogens with one attached hydrogen (secondary N) is 1. The zero-order valence-corrected chi connectivity index (χ0v) is 13.0. The number of piperazine rings is 1. The molecule has 2 aliphatic rings. The van der Waals surface area contributed by atoms with Crippen LogP contribution in [0, 0.1) is 11.8 Å². The summed E-state index contributed by atoms with van der Waals surface area (Å²) in [7, 11) is 0. The molecule has 0 aromatic rings. The molecule has 2 amide bonds. The summed E-state index contributed by atoms with van der Waals surface area (Å²) < 4.78 is 0. The standard InChI is InChI=1S/C16H28N2O2/c1-11(2)14-16(20)18(12(3)15(19)17-14)10-6-9-13-7-4-5-8-13/h11-14H,4-10H2,1-3H3,(H,17,19). The number of hydrogen-bond acceptors (Lipinski definition) is 2. The van der Waals surface area contributed by atoms with E-state index in [1.807, 2.05) is 20.8 Å². The second kappa shape index (κ2) is 6.59. The molecule has 1 saturated heterocycles. The van der Waals surface area contributed by atoms with Crippen LogP contribution in [0.5, 0.6) is 0 Å². The van der Waals surface area contributed by atoms with Gasteiger partial charge in [-0.2, -0.15) is 0 Å². The van der Waals surface area contributed by atoms with Crippen LogP contribution in [0.4, 0.5) is 0 Å². The molecule has 1 aliphatic carbocycles. The summed E-state index contributed by atoms with van der Waals surface area (Å²) in [5.74, 6) is 1.08. The van der Waals surface area contributed by atoms with Crippen LogP contribution in [0.25, 0.3) is 0 Å². The molecular formula is C16H28N2O2. The molecule has 1 heterocycles. The van der Waals surface area contributed by atoms with Crippen molar-refractivity contribution in [3.63, 3.8) is 0 Å². The first-order chi connectivity index (χ1) is 9.50. The van der Waals surface area contributed by atoms with E-state index in [1.54, 1.807) is 4.90 Å². The molecule has 2 atom stereocenters. The van der Waals surface area contributed by atoms with Crippen molar-refractivity contribution in [3.05, 3.63) is 0 Å². The molecule has 114 valence electrons. The van der Waals surface area contributed by atoms with Crippen LogP contribution in [0.15, 0.2) is 0 Å². The summed E-state index contributed by atoms with van der Waals surface area (Å²) in [6, 6.07) is -0.661. The van der Waals surface area contributed by atoms with Crippen LogP contribution in [0.2, 0.25) is 0 Å². The number of carbonyl (C=O) groups is 2. The van der Waals surface area contributed by atoms with Crippen molar-refractivity contribution in [2.75, 3.05) is 6.54 Å². The molecule has 0 aromatic carbocycles. The van der Waals surface area contributed by atoms with Gasteiger partial charge < -0.3 is 10.2 Å². The van der Waals surface area contributed by atoms with E-state index in [4.69, 9.17) is 0 Å². The molecule has 0 spiro atoms. The SMILES string of the molecule is CC(C)C1NC(=O)C(C)N(CCCC2CCCC2)C1=O. The van der Waals surface area contributed by atoms with E-state index in [0.717, 1.165) is 18.9 Å². The molecule has 2 fully saturated rings. The highest BCUT2D eigenvalue weighted by atomic mass is 16.2. The van der Waals surface area contributed by atoms with Gasteiger partial charge in [0.2, 0.25) is 11.8 Å². The predicted octanol–water partition coefficient (Wildman–Crippen LogP) is 2.33. The van der Waals surface area contributed by atoms with Gasteiger partial charge in [0.15, 0.2) is 0 Å². The molecule has 0 radical (unpaired) electrons. The van der Waals surface area contributed by atoms with E-state index in [2.05, 4.69) is 5.32 Å². The van der Waals surface area contributed by atoms with Crippen LogP contribution >= 0.6 is 0 Å². The summed E-state index contributed by atoms with van der Waals surface area (Å²) >= 11 is 0. The molecule has 0 bridgehead atoms. The van der Waals surface area contributed by atoms with E-state index < -0.39 is 0 Å². The highest BCUT2D eigenvalue weighted by molar-refractivity contribution is 5.96. The van der Waals surface area contributed by atoms with E-state index in [1.165, 1.54) is 32.1 Å². The maximum atomic E-state index is 12.5. The summed E-state index contributed by atoms with van der Waals surface area (Å²) in [6.07, 6.45) is 7.64. The molecule has 1 aliphatic heterocycles. The van der Waals surface area contributed by atoms with Crippen LogP contribution < -0.4 is 5.32 Å². The minimum atomic E-state index is -0.342. The van der Waals surface area contributed by atoms with E-state index in [-0.39, 0.29) is 29.8 Å². The lowest BCUT2D eigenvalue weighted by Crippen LogP contribution is -2.63. The van der Waals surface area contributed by atoms with Crippen molar-refractivity contribution in [1.82, 2.24) is 10.2 Å². The van der Waals surface area contributed by atoms with Gasteiger partial charge in [-0.3, -0.25) is 9.59 Å². The maximum absolute atomic E-state index is 12.5. The number of nitrogens with zero attached hydrogens (tertiary/aromatic N) is 1. The molecule has 2 rings (SSSR count). The summed E-state index contributed by atoms with van der Waals surface area (Å²) in [6.45, 7) is 6.53. The number of carbonyl (C=O) groups excluding carboxylic acids is 2. The third kappa shape index (κ3) is 3.33. The van der Waals surface area contributed by atoms with Crippen molar-refractivity contribution in [3.8, 4) is 0 Å². The summed E-state index contributed by atoms with van der Waals surface area (Å²) in [4.78, 5) is 26.2. The van der Waals surface area contributed by atoms with Crippen molar-refractivity contribution in [1.29, 1.82) is 0 Å². The summed E-state index contributed by atoms with van der Waals surface area (Å²) in [5.41, 5.74) is 0. The molecule has 0 aromatic heterocycles. The van der Waals surface area contributed by atoms with Crippen molar-refractivity contribution in [2.24, 2.45) is 11.8 Å². The topological polar surface area (TPSA) is 49.4 Å². The van der Waals surface area contributed by atoms with Crippen molar-refractivity contribution in [2.45, 2.75) is 71.4 Å². The highest BCUT2D eigenvalue weighted by Gasteiger charge is 2.38. The Morgan fingerprint density at radius 1 is 1.25 bits per heavy atom. The van der Waals surface area contributed by atoms with Gasteiger partial charge in [0.25, 0.3) is 0 Å². The first kappa shape index (κ1) is 15.3. The third-order valence-electron chi connectivity index (χ3n) is 4.85. The Labute approximate surface area is 122 Å². The number of hydrogen-bond donors (Lipinski definition) is 1. The lowest BCUT2D eigenvalue weighted by atomic mass is 9.97. The average Bonchev–Trinajstić information content (AvgIpc) is 2.90. The normalized spacial score (nSPS) is 28.3. The largest absolute Gasteiger partial charge is 0.342 e. The lowest BCUT2D eigenvalue weighted by Gasteiger charge is -2.39. The molecule has 1 saturated carbocycles. The predicted molar refractivity (Wildman–Crippen MR) is 79.1 cm³/mol. The summed E-state index contributed by atoms with van der Waals surface area (Å²) in [5, 5.41) is 2.85. The second-order valence-electron chi connectivity index (χ2n) is 6.73. The second-order valence-corrected chi connectivity index (χ2v) is 6.73. The monoisotopic (exact) mass is 280 g/mol. The minimum Gasteiger partial charge on any atom is -0.342 e. The fourth-order valence-corrected chi connectivity index (χ4v) is 3.45. The van der Waals surface area contributed by atoms with Crippen molar-refractivity contribution < 1.29 is 9.59 Å². The Kier molecular flexibility index (Phi) is 5.06. The molecule has 20 heavy (non-hydrogen) atoms. The van der Waals surface area contributed by atoms with Gasteiger partial charge in [0, 0.05) is 6.54 Å². The van der Waals surface area contributed by atoms with Gasteiger partial charge in [-0.1, -0.05) is 39.5 Å². The molecular weight excluding hydrogens is 252 g/mol. The van der Waals surface area contributed by atoms with Crippen LogP contribution in [-0.2, 0) is 9.59 Å². The molecule has 4 heteroatoms. The Balaban J connectivity index is 1.89. The Bertz CT molecular complexity index is 361. The molecule has 2 unspecified atom stereocenters. The van der Waals surface area contributed by atoms with Crippen molar-refractivity contribution >= 4 is 11.8 Å². The van der Waals surface area contributed by atoms with Crippen LogP contribution in [0.3, 0.4) is 0 Å². The van der Waals surface area contributed by atoms with Gasteiger partial charge in [-0.25, -0.2) is 0 Å². The Hall–Kier alpha value is -1.06. The maximum Gasteiger partial charge on any atom is 0.246 e. The van der Waals surface area contributed by atoms with E-state index in [9.17, 15) is 9.59 Å². The van der Waals surface area contributed by atoms with Gasteiger partial charge in [-0.05, 0) is 31.6 Å². The molecule has 1 N–H and O–H groups in total. The van der Waals surface area contributed by atoms with Crippen LogP contribution in [-0.4, -0.2) is 35.3 Å². The first-order valence-electron chi connectivity index (χ1n) is 8.11. The van der Waals surface area contributed by atoms with Gasteiger partial charge >= 0.3 is 0 Å². The smallest absolute Gasteiger partial charge is 0.246 e. The Morgan fingerprint density at radius 2 is 1.90 bits per heavy atom. The fourth-order valence-electron chi connectivity index (χ4n) is 3.45. The highest BCUT2D eigenvalue weighted by Crippen LogP contribution is 2.28. The Morgan fingerprint density at radius 3 is 2.50 bits per heavy atom. The first-order valence-corrected chi connectivity index (χ1v) is 8.11. The minimum absolute atomic E-state index is 0.0100. The van der Waals surface area contributed by atoms with E-state index in [0.29, 0.717) is 0 Å². The fraction of sp³-hybridized carbons (Fsp3) is 0.875. The average molecular weight is 280 g/mol. The molecule has 4 nitrogen and oxygen atoms in total. The lowest BCUT2D eigenvalue weighted by molar-refractivity contribution is -0.150. The number of amides is 2. The zero-order chi connectivity index (χ0) is 14.7. The van der Waals surface area contributed by atoms with Gasteiger partial charge in [0.1, 0.15) is 12.1 Å². The van der Waals surface area contributed by atoms with Gasteiger partial charge in [0.05, 0.1) is 0 Å². The zero-order valence-electron chi connectivity index (χ0n) is 13.0. The third-order valence-corrected chi connectivity index (χ3v) is 4.85. The quantitative estimate of drug-likeness (QED) is 0.840. The number of rotatable bonds is 5. The van der Waals surface area contributed by atoms with Crippen LogP contribution in [0.1, 0.15) is 59.3 Å². The van der Waals surface area contributed by atoms with Gasteiger partial charge in [-0.15, -0.1) is 0 Å². The van der Waals surface area contributed by atoms with E-state index >= 15 is 0 Å².